The molecule has 2 unspecified atom stereocenters. The Bertz CT molecular complexity index is 2050. The van der Waals surface area contributed by atoms with Crippen LogP contribution in [0.25, 0.3) is 16.0 Å². The average Bonchev–Trinajstić information content (AvgIpc) is 3.72. The number of hydrogen-bond donors (Lipinski definition) is 1. The highest BCUT2D eigenvalue weighted by Crippen LogP contribution is 2.46. The van der Waals surface area contributed by atoms with E-state index < -0.39 is 17.7 Å². The molecule has 46 heavy (non-hydrogen) atoms. The van der Waals surface area contributed by atoms with E-state index in [9.17, 15) is 14.7 Å². The Balaban J connectivity index is 1.36. The van der Waals surface area contributed by atoms with Gasteiger partial charge in [-0.15, -0.1) is 0 Å². The van der Waals surface area contributed by atoms with Crippen molar-refractivity contribution in [3.63, 3.8) is 0 Å². The summed E-state index contributed by atoms with van der Waals surface area (Å²) in [5.74, 6) is -0.0766. The Morgan fingerprint density at radius 1 is 1.02 bits per heavy atom. The van der Waals surface area contributed by atoms with Gasteiger partial charge in [-0.25, -0.2) is 4.98 Å². The average molecular weight is 633 g/mol. The number of rotatable bonds is 7. The number of nitrogens with zero attached hydrogens (tertiary/aromatic N) is 2. The lowest BCUT2D eigenvalue weighted by Crippen LogP contribution is -2.29. The number of benzene rings is 4. The van der Waals surface area contributed by atoms with Gasteiger partial charge in [-0.1, -0.05) is 53.8 Å². The number of aryl methyl sites for hydroxylation is 2. The van der Waals surface area contributed by atoms with E-state index in [0.717, 1.165) is 38.2 Å². The standard InChI is InChI=1S/C37H32N2O6S/c1-20-10-12-27-30(14-20)46-37(38-27)39-32(24-11-13-28(29(18-24)43-4)44-19-23-8-6-5-7-9-23)31(34(41)36(39)42)33(40)25-15-21(2)35-26(17-25)16-22(3)45-35/h5-15,17-18,22,32,40H,16,19H2,1-4H3/b33-31-. The fourth-order valence-electron chi connectivity index (χ4n) is 6.19. The van der Waals surface area contributed by atoms with Crippen LogP contribution < -0.4 is 19.1 Å². The zero-order chi connectivity index (χ0) is 32.1. The van der Waals surface area contributed by atoms with Crippen LogP contribution in [0.5, 0.6) is 17.2 Å². The van der Waals surface area contributed by atoms with Crippen LogP contribution in [-0.2, 0) is 22.6 Å². The van der Waals surface area contributed by atoms with Gasteiger partial charge in [0.05, 0.1) is 28.9 Å². The molecule has 7 rings (SSSR count). The van der Waals surface area contributed by atoms with Crippen LogP contribution in [0.1, 0.15) is 46.3 Å². The van der Waals surface area contributed by atoms with Crippen LogP contribution >= 0.6 is 11.3 Å². The molecular formula is C37H32N2O6S. The monoisotopic (exact) mass is 632 g/mol. The summed E-state index contributed by atoms with van der Waals surface area (Å²) < 4.78 is 18.7. The molecule has 0 aliphatic carbocycles. The molecule has 1 amide bonds. The molecule has 0 spiro atoms. The Hall–Kier alpha value is -5.15. The predicted molar refractivity (Wildman–Crippen MR) is 178 cm³/mol. The van der Waals surface area contributed by atoms with Crippen LogP contribution in [0.15, 0.2) is 84.4 Å². The fourth-order valence-corrected chi connectivity index (χ4v) is 7.28. The third kappa shape index (κ3) is 5.16. The number of aliphatic hydroxyl groups excluding tert-OH is 1. The van der Waals surface area contributed by atoms with Crippen molar-refractivity contribution in [2.24, 2.45) is 0 Å². The molecule has 4 aromatic carbocycles. The second-order valence-electron chi connectivity index (χ2n) is 11.7. The highest BCUT2D eigenvalue weighted by atomic mass is 32.1. The first-order valence-electron chi connectivity index (χ1n) is 15.0. The van der Waals surface area contributed by atoms with Crippen molar-refractivity contribution in [1.29, 1.82) is 0 Å². The predicted octanol–water partition coefficient (Wildman–Crippen LogP) is 7.45. The summed E-state index contributed by atoms with van der Waals surface area (Å²) >= 11 is 1.33. The van der Waals surface area contributed by atoms with Crippen molar-refractivity contribution in [1.82, 2.24) is 4.98 Å². The summed E-state index contributed by atoms with van der Waals surface area (Å²) in [5.41, 5.74) is 5.56. The smallest absolute Gasteiger partial charge is 0.301 e. The number of fused-ring (bicyclic) bond motifs is 2. The molecule has 8 nitrogen and oxygen atoms in total. The third-order valence-electron chi connectivity index (χ3n) is 8.38. The molecule has 9 heteroatoms. The number of methoxy groups -OCH3 is 1. The maximum absolute atomic E-state index is 13.9. The van der Waals surface area contributed by atoms with Gasteiger partial charge in [0.1, 0.15) is 24.2 Å². The molecule has 0 saturated carbocycles. The molecule has 1 saturated heterocycles. The van der Waals surface area contributed by atoms with Gasteiger partial charge in [0, 0.05) is 12.0 Å². The van der Waals surface area contributed by atoms with Gasteiger partial charge >= 0.3 is 5.91 Å². The first-order chi connectivity index (χ1) is 22.2. The number of hydrogen-bond acceptors (Lipinski definition) is 8. The second-order valence-corrected chi connectivity index (χ2v) is 12.7. The van der Waals surface area contributed by atoms with E-state index in [-0.39, 0.29) is 17.4 Å². The Morgan fingerprint density at radius 3 is 2.61 bits per heavy atom. The molecule has 0 radical (unpaired) electrons. The Labute approximate surface area is 270 Å². The SMILES string of the molecule is COc1cc(C2/C(=C(/O)c3cc(C)c4c(c3)CC(C)O4)C(=O)C(=O)N2c2nc3ccc(C)cc3s2)ccc1OCc1ccccc1. The topological polar surface area (TPSA) is 98.2 Å². The molecule has 1 aromatic heterocycles. The van der Waals surface area contributed by atoms with Gasteiger partial charge in [-0.05, 0) is 85.0 Å². The lowest BCUT2D eigenvalue weighted by molar-refractivity contribution is -0.132. The summed E-state index contributed by atoms with van der Waals surface area (Å²) in [6.45, 7) is 6.22. The zero-order valence-corrected chi connectivity index (χ0v) is 26.7. The molecule has 2 atom stereocenters. The minimum atomic E-state index is -0.970. The van der Waals surface area contributed by atoms with Crippen molar-refractivity contribution >= 4 is 44.1 Å². The number of ketones is 1. The quantitative estimate of drug-likeness (QED) is 0.113. The van der Waals surface area contributed by atoms with Gasteiger partial charge in [-0.2, -0.15) is 0 Å². The normalized spacial score (nSPS) is 18.6. The number of anilines is 1. The van der Waals surface area contributed by atoms with Crippen LogP contribution in [-0.4, -0.2) is 35.0 Å². The Morgan fingerprint density at radius 2 is 1.83 bits per heavy atom. The number of aromatic nitrogens is 1. The lowest BCUT2D eigenvalue weighted by Gasteiger charge is -2.24. The summed E-state index contributed by atoms with van der Waals surface area (Å²) in [4.78, 5) is 33.9. The summed E-state index contributed by atoms with van der Waals surface area (Å²) in [6, 6.07) is 23.6. The third-order valence-corrected chi connectivity index (χ3v) is 9.39. The van der Waals surface area contributed by atoms with E-state index in [1.54, 1.807) is 24.3 Å². The van der Waals surface area contributed by atoms with Crippen molar-refractivity contribution < 1.29 is 28.9 Å². The number of amides is 1. The summed E-state index contributed by atoms with van der Waals surface area (Å²) in [5, 5.41) is 12.2. The molecular weight excluding hydrogens is 600 g/mol. The molecule has 1 fully saturated rings. The van der Waals surface area contributed by atoms with E-state index in [1.807, 2.05) is 75.4 Å². The van der Waals surface area contributed by atoms with E-state index in [1.165, 1.54) is 23.3 Å². The molecule has 2 aliphatic heterocycles. The zero-order valence-electron chi connectivity index (χ0n) is 25.9. The number of aliphatic hydroxyl groups is 1. The summed E-state index contributed by atoms with van der Waals surface area (Å²) in [6.07, 6.45) is 0.691. The number of Topliss-reactive ketones (excluding diaryl/α,β-unsaturated/α-hetero) is 1. The van der Waals surface area contributed by atoms with Gasteiger partial charge < -0.3 is 19.3 Å². The molecule has 0 bridgehead atoms. The second kappa shape index (κ2) is 11.7. The minimum absolute atomic E-state index is 0.00874. The molecule has 5 aromatic rings. The van der Waals surface area contributed by atoms with Crippen LogP contribution in [0.2, 0.25) is 0 Å². The van der Waals surface area contributed by atoms with Crippen LogP contribution in [0, 0.1) is 13.8 Å². The maximum Gasteiger partial charge on any atom is 0.301 e. The largest absolute Gasteiger partial charge is 0.507 e. The van der Waals surface area contributed by atoms with E-state index in [4.69, 9.17) is 19.2 Å². The first-order valence-corrected chi connectivity index (χ1v) is 15.9. The van der Waals surface area contributed by atoms with Gasteiger partial charge in [-0.3, -0.25) is 14.5 Å². The highest BCUT2D eigenvalue weighted by Gasteiger charge is 2.48. The Kier molecular flexibility index (Phi) is 7.49. The number of ether oxygens (including phenoxy) is 3. The summed E-state index contributed by atoms with van der Waals surface area (Å²) in [7, 11) is 1.54. The lowest BCUT2D eigenvalue weighted by atomic mass is 9.93. The van der Waals surface area contributed by atoms with E-state index in [0.29, 0.717) is 40.8 Å². The van der Waals surface area contributed by atoms with Crippen molar-refractivity contribution in [2.45, 2.75) is 45.9 Å². The molecule has 1 N–H and O–H groups in total. The number of carbonyl (C=O) groups is 2. The van der Waals surface area contributed by atoms with Crippen molar-refractivity contribution in [3.05, 3.63) is 118 Å². The minimum Gasteiger partial charge on any atom is -0.507 e. The van der Waals surface area contributed by atoms with Crippen molar-refractivity contribution in [2.75, 3.05) is 12.0 Å². The number of thiazole rings is 1. The van der Waals surface area contributed by atoms with Gasteiger partial charge in [0.15, 0.2) is 16.6 Å². The van der Waals surface area contributed by atoms with E-state index in [2.05, 4.69) is 0 Å². The fraction of sp³-hybridized carbons (Fsp3) is 0.216. The van der Waals surface area contributed by atoms with Crippen LogP contribution in [0.3, 0.4) is 0 Å². The molecule has 2 aliphatic rings. The van der Waals surface area contributed by atoms with Gasteiger partial charge in [0.2, 0.25) is 0 Å². The number of carbonyl (C=O) groups excluding carboxylic acids is 2. The molecule has 3 heterocycles. The van der Waals surface area contributed by atoms with Crippen LogP contribution in [0.4, 0.5) is 5.13 Å². The maximum atomic E-state index is 13.9. The highest BCUT2D eigenvalue weighted by molar-refractivity contribution is 7.22. The molecule has 232 valence electrons. The first kappa shape index (κ1) is 29.6. The van der Waals surface area contributed by atoms with E-state index >= 15 is 0 Å². The van der Waals surface area contributed by atoms with Gasteiger partial charge in [0.25, 0.3) is 5.78 Å². The van der Waals surface area contributed by atoms with Crippen molar-refractivity contribution in [3.8, 4) is 17.2 Å².